The standard InChI is InChI=1S/C10H11Cl2N3S/c1-6(7-5-8(11)16-10(7)12)13-9-3-4-15(2)14-9/h3-6H,1-2H3,(H,13,14). The van der Waals surface area contributed by atoms with Gasteiger partial charge in [-0.3, -0.25) is 4.68 Å². The van der Waals surface area contributed by atoms with Crippen LogP contribution in [0.5, 0.6) is 0 Å². The van der Waals surface area contributed by atoms with E-state index in [2.05, 4.69) is 10.4 Å². The first-order valence-corrected chi connectivity index (χ1v) is 6.34. The van der Waals surface area contributed by atoms with E-state index in [4.69, 9.17) is 23.2 Å². The molecule has 2 heterocycles. The van der Waals surface area contributed by atoms with Gasteiger partial charge in [-0.15, -0.1) is 11.3 Å². The highest BCUT2D eigenvalue weighted by Crippen LogP contribution is 2.35. The van der Waals surface area contributed by atoms with Gasteiger partial charge in [-0.25, -0.2) is 0 Å². The van der Waals surface area contributed by atoms with Crippen LogP contribution in [0.15, 0.2) is 18.3 Å². The summed E-state index contributed by atoms with van der Waals surface area (Å²) in [7, 11) is 1.88. The zero-order valence-electron chi connectivity index (χ0n) is 8.87. The largest absolute Gasteiger partial charge is 0.362 e. The molecule has 0 saturated carbocycles. The molecule has 0 radical (unpaired) electrons. The van der Waals surface area contributed by atoms with Crippen LogP contribution in [-0.4, -0.2) is 9.78 Å². The molecule has 0 aromatic carbocycles. The van der Waals surface area contributed by atoms with Gasteiger partial charge in [0.15, 0.2) is 0 Å². The molecule has 1 N–H and O–H groups in total. The van der Waals surface area contributed by atoms with E-state index in [0.29, 0.717) is 4.34 Å². The maximum Gasteiger partial charge on any atom is 0.148 e. The highest BCUT2D eigenvalue weighted by Gasteiger charge is 2.13. The van der Waals surface area contributed by atoms with E-state index in [0.717, 1.165) is 15.7 Å². The van der Waals surface area contributed by atoms with E-state index < -0.39 is 0 Å². The van der Waals surface area contributed by atoms with Crippen LogP contribution in [0, 0.1) is 0 Å². The molecule has 6 heteroatoms. The Balaban J connectivity index is 2.14. The van der Waals surface area contributed by atoms with E-state index in [1.54, 1.807) is 4.68 Å². The molecule has 0 amide bonds. The second-order valence-electron chi connectivity index (χ2n) is 3.52. The monoisotopic (exact) mass is 275 g/mol. The molecule has 1 atom stereocenters. The van der Waals surface area contributed by atoms with Crippen molar-refractivity contribution in [3.8, 4) is 0 Å². The molecule has 2 rings (SSSR count). The lowest BCUT2D eigenvalue weighted by molar-refractivity contribution is 0.760. The van der Waals surface area contributed by atoms with E-state index in [-0.39, 0.29) is 6.04 Å². The van der Waals surface area contributed by atoms with Crippen LogP contribution in [0.4, 0.5) is 5.82 Å². The molecule has 0 bridgehead atoms. The Morgan fingerprint density at radius 2 is 2.25 bits per heavy atom. The van der Waals surface area contributed by atoms with Crippen molar-refractivity contribution in [1.29, 1.82) is 0 Å². The minimum atomic E-state index is 0.0890. The zero-order valence-corrected chi connectivity index (χ0v) is 11.2. The van der Waals surface area contributed by atoms with Gasteiger partial charge in [-0.1, -0.05) is 23.2 Å². The number of nitrogens with one attached hydrogen (secondary N) is 1. The number of halogens is 2. The van der Waals surface area contributed by atoms with Crippen molar-refractivity contribution in [3.05, 3.63) is 32.6 Å². The van der Waals surface area contributed by atoms with Gasteiger partial charge in [-0.05, 0) is 13.0 Å². The van der Waals surface area contributed by atoms with Crippen LogP contribution in [0.3, 0.4) is 0 Å². The quantitative estimate of drug-likeness (QED) is 0.919. The Hall–Kier alpha value is -0.710. The number of thiophene rings is 1. The lowest BCUT2D eigenvalue weighted by atomic mass is 10.2. The van der Waals surface area contributed by atoms with E-state index in [1.165, 1.54) is 11.3 Å². The third-order valence-corrected chi connectivity index (χ3v) is 3.75. The van der Waals surface area contributed by atoms with Gasteiger partial charge < -0.3 is 5.32 Å². The SMILES string of the molecule is CC(Nc1ccn(C)n1)c1cc(Cl)sc1Cl. The molecule has 16 heavy (non-hydrogen) atoms. The van der Waals surface area contributed by atoms with Crippen molar-refractivity contribution in [3.63, 3.8) is 0 Å². The van der Waals surface area contributed by atoms with Crippen molar-refractivity contribution in [2.75, 3.05) is 5.32 Å². The maximum absolute atomic E-state index is 6.08. The molecule has 0 aliphatic rings. The minimum absolute atomic E-state index is 0.0890. The average molecular weight is 276 g/mol. The molecule has 1 unspecified atom stereocenters. The van der Waals surface area contributed by atoms with E-state index >= 15 is 0 Å². The fourth-order valence-corrected chi connectivity index (χ4v) is 3.09. The summed E-state index contributed by atoms with van der Waals surface area (Å²) < 4.78 is 3.17. The predicted molar refractivity (Wildman–Crippen MR) is 69.6 cm³/mol. The van der Waals surface area contributed by atoms with Crippen LogP contribution in [0.1, 0.15) is 18.5 Å². The molecule has 2 aromatic rings. The molecule has 2 aromatic heterocycles. The molecule has 0 aliphatic heterocycles. The Bertz CT molecular complexity index is 492. The Kier molecular flexibility index (Phi) is 3.42. The summed E-state index contributed by atoms with van der Waals surface area (Å²) in [5, 5.41) is 7.51. The van der Waals surface area contributed by atoms with Crippen LogP contribution < -0.4 is 5.32 Å². The smallest absolute Gasteiger partial charge is 0.148 e. The van der Waals surface area contributed by atoms with Crippen LogP contribution in [0.25, 0.3) is 0 Å². The van der Waals surface area contributed by atoms with Gasteiger partial charge in [0.25, 0.3) is 0 Å². The van der Waals surface area contributed by atoms with Crippen LogP contribution in [-0.2, 0) is 7.05 Å². The summed E-state index contributed by atoms with van der Waals surface area (Å²) in [5.74, 6) is 0.827. The van der Waals surface area contributed by atoms with Crippen molar-refractivity contribution in [1.82, 2.24) is 9.78 Å². The maximum atomic E-state index is 6.08. The Morgan fingerprint density at radius 1 is 1.50 bits per heavy atom. The molecular weight excluding hydrogens is 265 g/mol. The number of nitrogens with zero attached hydrogens (tertiary/aromatic N) is 2. The Morgan fingerprint density at radius 3 is 2.75 bits per heavy atom. The molecular formula is C10H11Cl2N3S. The predicted octanol–water partition coefficient (Wildman–Crippen LogP) is 3.96. The lowest BCUT2D eigenvalue weighted by Crippen LogP contribution is -2.06. The van der Waals surface area contributed by atoms with Crippen molar-refractivity contribution >= 4 is 40.4 Å². The Labute approximate surface area is 108 Å². The minimum Gasteiger partial charge on any atom is -0.362 e. The topological polar surface area (TPSA) is 29.9 Å². The normalized spacial score (nSPS) is 12.8. The van der Waals surface area contributed by atoms with Crippen molar-refractivity contribution in [2.24, 2.45) is 7.05 Å². The number of aryl methyl sites for hydroxylation is 1. The highest BCUT2D eigenvalue weighted by molar-refractivity contribution is 7.20. The first-order valence-electron chi connectivity index (χ1n) is 4.77. The number of aromatic nitrogens is 2. The lowest BCUT2D eigenvalue weighted by Gasteiger charge is -2.11. The fourth-order valence-electron chi connectivity index (χ4n) is 1.44. The first kappa shape index (κ1) is 11.8. The number of hydrogen-bond acceptors (Lipinski definition) is 3. The van der Waals surface area contributed by atoms with Crippen molar-refractivity contribution in [2.45, 2.75) is 13.0 Å². The number of rotatable bonds is 3. The summed E-state index contributed by atoms with van der Waals surface area (Å²) in [6.45, 7) is 2.03. The van der Waals surface area contributed by atoms with Gasteiger partial charge in [0, 0.05) is 24.9 Å². The molecule has 0 aliphatic carbocycles. The van der Waals surface area contributed by atoms with Gasteiger partial charge in [0.1, 0.15) is 5.82 Å². The molecule has 3 nitrogen and oxygen atoms in total. The van der Waals surface area contributed by atoms with E-state index in [1.807, 2.05) is 32.3 Å². The highest BCUT2D eigenvalue weighted by atomic mass is 35.5. The third kappa shape index (κ3) is 2.51. The average Bonchev–Trinajstić information content (AvgIpc) is 2.73. The third-order valence-electron chi connectivity index (χ3n) is 2.23. The summed E-state index contributed by atoms with van der Waals surface area (Å²) in [6.07, 6.45) is 1.89. The summed E-state index contributed by atoms with van der Waals surface area (Å²) >= 11 is 13.4. The zero-order chi connectivity index (χ0) is 11.7. The van der Waals surface area contributed by atoms with Gasteiger partial charge in [-0.2, -0.15) is 5.10 Å². The molecule has 86 valence electrons. The summed E-state index contributed by atoms with van der Waals surface area (Å²) in [4.78, 5) is 0. The number of hydrogen-bond donors (Lipinski definition) is 1. The van der Waals surface area contributed by atoms with Crippen molar-refractivity contribution < 1.29 is 0 Å². The molecule has 0 fully saturated rings. The van der Waals surface area contributed by atoms with Crippen LogP contribution in [0.2, 0.25) is 8.67 Å². The van der Waals surface area contributed by atoms with Gasteiger partial charge in [0.2, 0.25) is 0 Å². The second-order valence-corrected chi connectivity index (χ2v) is 5.81. The van der Waals surface area contributed by atoms with E-state index in [9.17, 15) is 0 Å². The summed E-state index contributed by atoms with van der Waals surface area (Å²) in [5.41, 5.74) is 1.00. The first-order chi connectivity index (χ1) is 7.56. The summed E-state index contributed by atoms with van der Waals surface area (Å²) in [6, 6.07) is 3.89. The number of anilines is 1. The molecule has 0 spiro atoms. The van der Waals surface area contributed by atoms with Gasteiger partial charge in [0.05, 0.1) is 14.7 Å². The molecule has 0 saturated heterocycles. The second kappa shape index (κ2) is 4.65. The van der Waals surface area contributed by atoms with Crippen LogP contribution >= 0.6 is 34.5 Å². The van der Waals surface area contributed by atoms with Gasteiger partial charge >= 0.3 is 0 Å². The fraction of sp³-hybridized carbons (Fsp3) is 0.300.